The average molecular weight is 366 g/mol. The third-order valence-corrected chi connectivity index (χ3v) is 5.66. The SMILES string of the molecule is CN1[C@@H]2CC[C@H]1C[C@@H](NC(=O)c1cn(CC(F)(F)F)c3ncccc13)C2. The molecule has 2 bridgehead atoms. The zero-order valence-electron chi connectivity index (χ0n) is 14.5. The van der Waals surface area contributed by atoms with Gasteiger partial charge >= 0.3 is 6.18 Å². The molecule has 5 nitrogen and oxygen atoms in total. The summed E-state index contributed by atoms with van der Waals surface area (Å²) >= 11 is 0. The lowest BCUT2D eigenvalue weighted by Crippen LogP contribution is -2.48. The molecule has 2 fully saturated rings. The van der Waals surface area contributed by atoms with E-state index in [-0.39, 0.29) is 23.2 Å². The van der Waals surface area contributed by atoms with Crippen LogP contribution in [0.3, 0.4) is 0 Å². The van der Waals surface area contributed by atoms with Gasteiger partial charge in [0.05, 0.1) is 5.56 Å². The van der Waals surface area contributed by atoms with Crippen LogP contribution in [0.25, 0.3) is 11.0 Å². The molecule has 3 atom stereocenters. The fourth-order valence-corrected chi connectivity index (χ4v) is 4.41. The summed E-state index contributed by atoms with van der Waals surface area (Å²) in [4.78, 5) is 19.2. The number of fused-ring (bicyclic) bond motifs is 3. The van der Waals surface area contributed by atoms with E-state index in [0.29, 0.717) is 17.5 Å². The number of piperidine rings is 1. The van der Waals surface area contributed by atoms with Crippen molar-refractivity contribution in [3.63, 3.8) is 0 Å². The number of hydrogen-bond donors (Lipinski definition) is 1. The van der Waals surface area contributed by atoms with Crippen LogP contribution in [0.5, 0.6) is 0 Å². The molecular formula is C18H21F3N4O. The first kappa shape index (κ1) is 17.3. The molecule has 2 aliphatic rings. The lowest BCUT2D eigenvalue weighted by Gasteiger charge is -2.36. The number of nitrogens with zero attached hydrogens (tertiary/aromatic N) is 3. The molecule has 1 N–H and O–H groups in total. The maximum atomic E-state index is 12.8. The number of pyridine rings is 1. The minimum absolute atomic E-state index is 0.0638. The van der Waals surface area contributed by atoms with Gasteiger partial charge in [0.15, 0.2) is 0 Å². The summed E-state index contributed by atoms with van der Waals surface area (Å²) in [7, 11) is 2.12. The lowest BCUT2D eigenvalue weighted by atomic mass is 9.97. The lowest BCUT2D eigenvalue weighted by molar-refractivity contribution is -0.139. The molecule has 2 aliphatic heterocycles. The zero-order valence-corrected chi connectivity index (χ0v) is 14.5. The number of carbonyl (C=O) groups is 1. The largest absolute Gasteiger partial charge is 0.406 e. The quantitative estimate of drug-likeness (QED) is 0.909. The Hall–Kier alpha value is -2.09. The van der Waals surface area contributed by atoms with E-state index in [9.17, 15) is 18.0 Å². The summed E-state index contributed by atoms with van der Waals surface area (Å²) in [5, 5.41) is 3.49. The Morgan fingerprint density at radius 2 is 2.00 bits per heavy atom. The molecule has 4 rings (SSSR count). The van der Waals surface area contributed by atoms with Crippen LogP contribution < -0.4 is 5.32 Å². The number of rotatable bonds is 3. The number of nitrogens with one attached hydrogen (secondary N) is 1. The minimum atomic E-state index is -4.37. The van der Waals surface area contributed by atoms with Gasteiger partial charge in [-0.05, 0) is 44.9 Å². The molecule has 2 aromatic heterocycles. The van der Waals surface area contributed by atoms with Gasteiger partial charge in [-0.2, -0.15) is 13.2 Å². The molecule has 0 saturated carbocycles. The molecule has 8 heteroatoms. The number of aromatic nitrogens is 2. The Labute approximate surface area is 149 Å². The number of alkyl halides is 3. The smallest absolute Gasteiger partial charge is 0.349 e. The van der Waals surface area contributed by atoms with Crippen LogP contribution in [0.2, 0.25) is 0 Å². The van der Waals surface area contributed by atoms with Crippen molar-refractivity contribution in [3.05, 3.63) is 30.1 Å². The highest BCUT2D eigenvalue weighted by atomic mass is 19.4. The second-order valence-electron chi connectivity index (χ2n) is 7.35. The molecule has 2 saturated heterocycles. The van der Waals surface area contributed by atoms with Crippen molar-refractivity contribution in [3.8, 4) is 0 Å². The highest BCUT2D eigenvalue weighted by molar-refractivity contribution is 6.06. The van der Waals surface area contributed by atoms with Crippen LogP contribution >= 0.6 is 0 Å². The summed E-state index contributed by atoms with van der Waals surface area (Å²) in [6, 6.07) is 4.29. The fraction of sp³-hybridized carbons (Fsp3) is 0.556. The van der Waals surface area contributed by atoms with Gasteiger partial charge in [-0.3, -0.25) is 4.79 Å². The van der Waals surface area contributed by atoms with E-state index < -0.39 is 12.7 Å². The summed E-state index contributed by atoms with van der Waals surface area (Å²) in [6.45, 7) is -1.16. The van der Waals surface area contributed by atoms with Gasteiger partial charge in [0.25, 0.3) is 5.91 Å². The predicted octanol–water partition coefficient (Wildman–Crippen LogP) is 2.95. The van der Waals surface area contributed by atoms with Crippen molar-refractivity contribution in [2.75, 3.05) is 7.05 Å². The molecule has 0 radical (unpaired) electrons. The van der Waals surface area contributed by atoms with Crippen LogP contribution in [0.1, 0.15) is 36.0 Å². The van der Waals surface area contributed by atoms with E-state index >= 15 is 0 Å². The standard InChI is InChI=1S/C18H21F3N4O/c1-24-12-4-5-13(24)8-11(7-12)23-17(26)15-9-25(10-18(19,20)21)16-14(15)3-2-6-22-16/h2-3,6,9,11-13H,4-5,7-8,10H2,1H3,(H,23,26)/t11-,12+,13-. The number of carbonyl (C=O) groups excluding carboxylic acids is 1. The third kappa shape index (κ3) is 3.18. The second-order valence-corrected chi connectivity index (χ2v) is 7.35. The maximum absolute atomic E-state index is 12.8. The van der Waals surface area contributed by atoms with Crippen molar-refractivity contribution in [1.82, 2.24) is 19.8 Å². The van der Waals surface area contributed by atoms with Gasteiger partial charge in [0, 0.05) is 35.9 Å². The van der Waals surface area contributed by atoms with E-state index in [1.807, 2.05) is 0 Å². The second kappa shape index (κ2) is 6.26. The first-order chi connectivity index (χ1) is 12.3. The molecule has 26 heavy (non-hydrogen) atoms. The van der Waals surface area contributed by atoms with Crippen molar-refractivity contribution in [2.24, 2.45) is 0 Å². The van der Waals surface area contributed by atoms with Crippen molar-refractivity contribution < 1.29 is 18.0 Å². The van der Waals surface area contributed by atoms with Crippen molar-refractivity contribution >= 4 is 16.9 Å². The topological polar surface area (TPSA) is 50.2 Å². The van der Waals surface area contributed by atoms with Crippen molar-refractivity contribution in [1.29, 1.82) is 0 Å². The van der Waals surface area contributed by atoms with Crippen LogP contribution in [-0.2, 0) is 6.54 Å². The van der Waals surface area contributed by atoms with Crippen LogP contribution in [0.4, 0.5) is 13.2 Å². The van der Waals surface area contributed by atoms with E-state index in [0.717, 1.165) is 30.3 Å². The van der Waals surface area contributed by atoms with Crippen LogP contribution in [0.15, 0.2) is 24.5 Å². The highest BCUT2D eigenvalue weighted by Gasteiger charge is 2.39. The average Bonchev–Trinajstić information content (AvgIpc) is 3.00. The number of halogens is 3. The molecule has 0 aromatic carbocycles. The molecule has 0 unspecified atom stereocenters. The van der Waals surface area contributed by atoms with E-state index in [4.69, 9.17) is 0 Å². The van der Waals surface area contributed by atoms with Crippen LogP contribution in [0, 0.1) is 0 Å². The summed E-state index contributed by atoms with van der Waals surface area (Å²) in [5.74, 6) is -0.321. The van der Waals surface area contributed by atoms with Gasteiger partial charge in [-0.1, -0.05) is 0 Å². The molecule has 0 spiro atoms. The van der Waals surface area contributed by atoms with Crippen molar-refractivity contribution in [2.45, 2.75) is 56.5 Å². The van der Waals surface area contributed by atoms with Gasteiger partial charge in [-0.25, -0.2) is 4.98 Å². The first-order valence-electron chi connectivity index (χ1n) is 8.85. The molecule has 0 aliphatic carbocycles. The molecule has 140 valence electrons. The summed E-state index contributed by atoms with van der Waals surface area (Å²) in [5.41, 5.74) is 0.432. The van der Waals surface area contributed by atoms with E-state index in [2.05, 4.69) is 22.2 Å². The summed E-state index contributed by atoms with van der Waals surface area (Å²) in [6.07, 6.45) is 2.39. The van der Waals surface area contributed by atoms with Gasteiger partial charge in [-0.15, -0.1) is 0 Å². The summed E-state index contributed by atoms with van der Waals surface area (Å²) < 4.78 is 39.5. The Morgan fingerprint density at radius 3 is 2.65 bits per heavy atom. The normalized spacial score (nSPS) is 26.4. The van der Waals surface area contributed by atoms with E-state index in [1.54, 1.807) is 12.1 Å². The fourth-order valence-electron chi connectivity index (χ4n) is 4.41. The third-order valence-electron chi connectivity index (χ3n) is 5.66. The van der Waals surface area contributed by atoms with Gasteiger partial charge < -0.3 is 14.8 Å². The van der Waals surface area contributed by atoms with Gasteiger partial charge in [0.1, 0.15) is 12.2 Å². The van der Waals surface area contributed by atoms with E-state index in [1.165, 1.54) is 12.4 Å². The minimum Gasteiger partial charge on any atom is -0.349 e. The monoisotopic (exact) mass is 366 g/mol. The number of hydrogen-bond acceptors (Lipinski definition) is 3. The van der Waals surface area contributed by atoms with Gasteiger partial charge in [0.2, 0.25) is 0 Å². The van der Waals surface area contributed by atoms with Crippen LogP contribution in [-0.4, -0.2) is 51.7 Å². The molecule has 2 aromatic rings. The number of amides is 1. The zero-order chi connectivity index (χ0) is 18.5. The Morgan fingerprint density at radius 1 is 1.31 bits per heavy atom. The Bertz CT molecular complexity index is 817. The molecule has 1 amide bonds. The predicted molar refractivity (Wildman–Crippen MR) is 90.8 cm³/mol. The Balaban J connectivity index is 1.57. The Kier molecular flexibility index (Phi) is 4.17. The molecular weight excluding hydrogens is 345 g/mol. The first-order valence-corrected chi connectivity index (χ1v) is 8.85. The maximum Gasteiger partial charge on any atom is 0.406 e. The molecule has 4 heterocycles. The highest BCUT2D eigenvalue weighted by Crippen LogP contribution is 2.34.